The zero-order valence-corrected chi connectivity index (χ0v) is 44.5. The van der Waals surface area contributed by atoms with Crippen LogP contribution in [0.3, 0.4) is 0 Å². The molecule has 392 valence electrons. The van der Waals surface area contributed by atoms with Crippen LogP contribution in [0.25, 0.3) is 10.8 Å². The van der Waals surface area contributed by atoms with Crippen molar-refractivity contribution in [2.45, 2.75) is 131 Å². The zero-order valence-electron chi connectivity index (χ0n) is 42.8. The summed E-state index contributed by atoms with van der Waals surface area (Å²) in [6, 6.07) is 26.7. The third-order valence-corrected chi connectivity index (χ3v) is 20.2. The number of carbonyl (C=O) groups excluding carboxylic acids is 1. The lowest BCUT2D eigenvalue weighted by molar-refractivity contribution is -0.149. The highest BCUT2D eigenvalue weighted by Gasteiger charge is 2.58. The number of carbonyl (C=O) groups is 1. The van der Waals surface area contributed by atoms with Crippen LogP contribution in [-0.2, 0) is 47.9 Å². The lowest BCUT2D eigenvalue weighted by Gasteiger charge is -2.49. The number of fused-ring (bicyclic) bond motifs is 2. The maximum absolute atomic E-state index is 16.8. The highest BCUT2D eigenvalue weighted by Crippen LogP contribution is 2.53. The highest BCUT2D eigenvalue weighted by molar-refractivity contribution is 8.76. The average Bonchev–Trinajstić information content (AvgIpc) is 4.23. The number of rotatable bonds is 12. The number of phenolic OH excluding ortho intramolecular Hbond substituents is 3. The first kappa shape index (κ1) is 52.3. The number of hydrogen-bond donors (Lipinski definition) is 8. The molecule has 0 radical (unpaired) electrons. The monoisotopic (exact) mass is 1040 g/mol. The van der Waals surface area contributed by atoms with E-state index in [4.69, 9.17) is 9.47 Å². The Hall–Kier alpha value is -5.15. The Morgan fingerprint density at radius 2 is 1.65 bits per heavy atom. The fraction of sp³-hybridized carbons (Fsp3) is 0.459. The third-order valence-electron chi connectivity index (χ3n) is 17.4. The van der Waals surface area contributed by atoms with E-state index in [2.05, 4.69) is 41.5 Å². The number of ether oxygens (including phenoxy) is 2. The van der Waals surface area contributed by atoms with E-state index in [0.29, 0.717) is 47.6 Å². The number of aromatic hydroxyl groups is 3. The van der Waals surface area contributed by atoms with Gasteiger partial charge in [0.05, 0.1) is 42.7 Å². The summed E-state index contributed by atoms with van der Waals surface area (Å²) in [6.45, 7) is 1.98. The van der Waals surface area contributed by atoms with Gasteiger partial charge < -0.3 is 50.4 Å². The topological polar surface area (TPSA) is 185 Å². The third kappa shape index (κ3) is 9.93. The van der Waals surface area contributed by atoms with Gasteiger partial charge in [-0.2, -0.15) is 0 Å². The van der Waals surface area contributed by atoms with Gasteiger partial charge in [0.1, 0.15) is 5.75 Å². The minimum absolute atomic E-state index is 0.000984. The van der Waals surface area contributed by atoms with E-state index in [0.717, 1.165) is 108 Å². The molecular formula is C61H72N2O9S2. The molecule has 0 saturated heterocycles. The molecule has 8 N–H and O–H groups in total. The van der Waals surface area contributed by atoms with E-state index in [-0.39, 0.29) is 53.8 Å². The first-order chi connectivity index (χ1) is 35.9. The average molecular weight is 1040 g/mol. The van der Waals surface area contributed by atoms with Crippen molar-refractivity contribution in [2.75, 3.05) is 26.5 Å². The number of aliphatic hydroxyl groups excluding tert-OH is 3. The number of aromatic nitrogens is 1. The fourth-order valence-corrected chi connectivity index (χ4v) is 16.3. The van der Waals surface area contributed by atoms with E-state index in [9.17, 15) is 30.6 Å². The van der Waals surface area contributed by atoms with E-state index in [1.165, 1.54) is 0 Å². The summed E-state index contributed by atoms with van der Waals surface area (Å²) in [5, 5.41) is 77.9. The molecule has 4 aliphatic rings. The summed E-state index contributed by atoms with van der Waals surface area (Å²) < 4.78 is 12.5. The Bertz CT molecular complexity index is 2950. The highest BCUT2D eigenvalue weighted by atomic mass is 33.1. The molecule has 74 heavy (non-hydrogen) atoms. The summed E-state index contributed by atoms with van der Waals surface area (Å²) in [7, 11) is 6.60. The summed E-state index contributed by atoms with van der Waals surface area (Å²) >= 11 is 0. The van der Waals surface area contributed by atoms with Gasteiger partial charge in [-0.3, -0.25) is 4.79 Å². The lowest BCUT2D eigenvalue weighted by Crippen LogP contribution is -2.61. The van der Waals surface area contributed by atoms with Crippen molar-refractivity contribution in [3.8, 4) is 28.7 Å². The van der Waals surface area contributed by atoms with Gasteiger partial charge in [0, 0.05) is 41.6 Å². The molecule has 3 saturated carbocycles. The fourth-order valence-electron chi connectivity index (χ4n) is 13.5. The number of methoxy groups -OCH3 is 1. The maximum Gasteiger partial charge on any atom is 0.164 e. The minimum atomic E-state index is -1.67. The zero-order chi connectivity index (χ0) is 51.7. The number of aliphatic hydroxyl groups is 3. The molecular weight excluding hydrogens is 969 g/mol. The molecule has 0 unspecified atom stereocenters. The van der Waals surface area contributed by atoms with Gasteiger partial charge in [-0.15, -0.1) is 0 Å². The number of phenols is 3. The van der Waals surface area contributed by atoms with Crippen molar-refractivity contribution in [3.63, 3.8) is 0 Å². The summed E-state index contributed by atoms with van der Waals surface area (Å²) in [5.74, 6) is -1.34. The first-order valence-electron chi connectivity index (χ1n) is 26.7. The molecule has 5 aromatic carbocycles. The minimum Gasteiger partial charge on any atom is -0.508 e. The van der Waals surface area contributed by atoms with Gasteiger partial charge >= 0.3 is 0 Å². The summed E-state index contributed by atoms with van der Waals surface area (Å²) in [4.78, 5) is 20.0. The van der Waals surface area contributed by atoms with Crippen molar-refractivity contribution >= 4 is 38.1 Å². The number of benzene rings is 5. The smallest absolute Gasteiger partial charge is 0.164 e. The molecule has 1 aliphatic heterocycles. The summed E-state index contributed by atoms with van der Waals surface area (Å²) in [5.41, 5.74) is 5.68. The van der Waals surface area contributed by atoms with Gasteiger partial charge in [-0.1, -0.05) is 89.9 Å². The Morgan fingerprint density at radius 1 is 0.865 bits per heavy atom. The van der Waals surface area contributed by atoms with E-state index < -0.39 is 40.9 Å². The summed E-state index contributed by atoms with van der Waals surface area (Å²) in [6.07, 6.45) is 10.8. The second kappa shape index (κ2) is 22.2. The number of aromatic amines is 1. The van der Waals surface area contributed by atoms with Crippen LogP contribution in [0.5, 0.6) is 28.7 Å². The first-order valence-corrected chi connectivity index (χ1v) is 29.1. The Labute approximate surface area is 442 Å². The molecule has 1 aromatic heterocycles. The molecule has 7 atom stereocenters. The standard InChI is InChI=1S/C61H72N2O9S2/c1-4-38-15-16-39-10-9-13-47-53(34-64)74-73-35-42-27-54(68)61(32-36-14-18-50(66)52(25-36)72-46-11-5-6-12-46,44-28-43(29-45(65)30-44)60(62-2)21-7-8-22-60)59(70)56(42)57(69)41(24-37-20-23-63-33-37)26-40-17-19-51(67)58(71-3)49(40)31-48(38)55(39)47/h9-10,13-20,23,25,28-30,33,41-42,46,53-54,56-57,62-69H,4-8,11-12,21-22,24,26-27,31-32,34-35H2,1-3H3/t41-,42+,53+,54-,56-,57+,61-/m1/s1. The van der Waals surface area contributed by atoms with Crippen LogP contribution < -0.4 is 14.8 Å². The van der Waals surface area contributed by atoms with Crippen LogP contribution in [0.1, 0.15) is 120 Å². The number of ketones is 1. The van der Waals surface area contributed by atoms with Crippen molar-refractivity contribution < 1.29 is 44.9 Å². The molecule has 2 heterocycles. The Kier molecular flexibility index (Phi) is 15.7. The van der Waals surface area contributed by atoms with E-state index >= 15 is 4.79 Å². The Morgan fingerprint density at radius 3 is 2.38 bits per heavy atom. The molecule has 11 nitrogen and oxygen atoms in total. The molecule has 0 spiro atoms. The molecule has 10 rings (SSSR count). The van der Waals surface area contributed by atoms with Gasteiger partial charge in [-0.25, -0.2) is 0 Å². The van der Waals surface area contributed by atoms with Gasteiger partial charge in [-0.05, 0) is 181 Å². The SMILES string of the molecule is CCc1ccc2cccc3c2c1Cc1c(ccc(O)c1OC)C[C@@H](Cc1cc[nH]c1)[C@H](O)[C@@H]1C(=O)[C@](Cc2ccc(O)c(OC4CCCC4)c2)(c2cc(O)cc(C4(NC)CCCC4)c2)[C@H](O)C[C@H]1CSS[C@H]3CO. The van der Waals surface area contributed by atoms with E-state index in [1.807, 2.05) is 43.7 Å². The van der Waals surface area contributed by atoms with Crippen molar-refractivity contribution in [2.24, 2.45) is 17.8 Å². The predicted molar refractivity (Wildman–Crippen MR) is 295 cm³/mol. The molecule has 13 heteroatoms. The second-order valence-electron chi connectivity index (χ2n) is 21.5. The maximum atomic E-state index is 16.8. The quantitative estimate of drug-likeness (QED) is 0.0544. The van der Waals surface area contributed by atoms with Crippen LogP contribution in [0.4, 0.5) is 0 Å². The number of hydrogen-bond acceptors (Lipinski definition) is 12. The van der Waals surface area contributed by atoms with Crippen molar-refractivity contribution in [3.05, 3.63) is 147 Å². The van der Waals surface area contributed by atoms with Crippen LogP contribution >= 0.6 is 21.6 Å². The number of Topliss-reactive ketones (excluding diaryl/α,β-unsaturated/α-hetero) is 1. The normalized spacial score (nSPS) is 25.5. The second-order valence-corrected chi connectivity index (χ2v) is 24.2. The predicted octanol–water partition coefficient (Wildman–Crippen LogP) is 10.7. The van der Waals surface area contributed by atoms with Gasteiger partial charge in [0.2, 0.25) is 0 Å². The number of aryl methyl sites for hydroxylation is 1. The molecule has 6 aromatic rings. The van der Waals surface area contributed by atoms with Crippen LogP contribution in [0.15, 0.2) is 97.3 Å². The van der Waals surface area contributed by atoms with Crippen LogP contribution in [-0.4, -0.2) is 86.2 Å². The molecule has 0 bridgehead atoms. The lowest BCUT2D eigenvalue weighted by atomic mass is 9.55. The van der Waals surface area contributed by atoms with Gasteiger partial charge in [0.25, 0.3) is 0 Å². The molecule has 0 amide bonds. The number of nitrogens with one attached hydrogen (secondary N) is 2. The van der Waals surface area contributed by atoms with Gasteiger partial charge in [0.15, 0.2) is 28.8 Å². The van der Waals surface area contributed by atoms with Crippen LogP contribution in [0, 0.1) is 17.8 Å². The van der Waals surface area contributed by atoms with Crippen molar-refractivity contribution in [1.29, 1.82) is 0 Å². The largest absolute Gasteiger partial charge is 0.508 e. The number of H-pyrrole nitrogens is 1. The Balaban J connectivity index is 1.16. The van der Waals surface area contributed by atoms with Crippen molar-refractivity contribution in [1.82, 2.24) is 10.3 Å². The van der Waals surface area contributed by atoms with E-state index in [1.54, 1.807) is 65.1 Å². The molecule has 3 aliphatic carbocycles. The molecule has 3 fully saturated rings. The van der Waals surface area contributed by atoms with Crippen LogP contribution in [0.2, 0.25) is 0 Å².